The predicted molar refractivity (Wildman–Crippen MR) is 54.5 cm³/mol. The van der Waals surface area contributed by atoms with Gasteiger partial charge in [-0.05, 0) is 13.0 Å². The topological polar surface area (TPSA) is 52.6 Å². The van der Waals surface area contributed by atoms with Crippen LogP contribution < -0.4 is 5.32 Å². The first-order valence-corrected chi connectivity index (χ1v) is 4.66. The van der Waals surface area contributed by atoms with E-state index < -0.39 is 0 Å². The van der Waals surface area contributed by atoms with Gasteiger partial charge >= 0.3 is 0 Å². The molecule has 1 rings (SSSR count). The second kappa shape index (κ2) is 4.69. The Hall–Kier alpha value is -1.45. The number of nitrogens with zero attached hydrogens (tertiary/aromatic N) is 1. The van der Waals surface area contributed by atoms with Gasteiger partial charge in [0.2, 0.25) is 5.91 Å². The molecule has 0 saturated heterocycles. The highest BCUT2D eigenvalue weighted by Gasteiger charge is 2.13. The van der Waals surface area contributed by atoms with Crippen LogP contribution in [0.4, 0.5) is 0 Å². The first-order chi connectivity index (χ1) is 6.63. The lowest BCUT2D eigenvalue weighted by Crippen LogP contribution is -2.34. The highest BCUT2D eigenvalue weighted by molar-refractivity contribution is 5.73. The second-order valence-electron chi connectivity index (χ2n) is 3.38. The van der Waals surface area contributed by atoms with Gasteiger partial charge in [-0.2, -0.15) is 0 Å². The third-order valence-corrected chi connectivity index (χ3v) is 2.21. The Morgan fingerprint density at radius 1 is 1.64 bits per heavy atom. The van der Waals surface area contributed by atoms with Crippen LogP contribution >= 0.6 is 0 Å². The van der Waals surface area contributed by atoms with E-state index in [1.54, 1.807) is 18.7 Å². The number of allylic oxidation sites excluding steroid dienone is 1. The summed E-state index contributed by atoms with van der Waals surface area (Å²) in [5.74, 6) is 0.106. The summed E-state index contributed by atoms with van der Waals surface area (Å²) in [7, 11) is 0. The molecule has 4 nitrogen and oxygen atoms in total. The number of rotatable bonds is 2. The van der Waals surface area contributed by atoms with Crippen molar-refractivity contribution in [3.8, 4) is 0 Å². The van der Waals surface area contributed by atoms with E-state index in [1.807, 2.05) is 6.08 Å². The molecule has 14 heavy (non-hydrogen) atoms. The average molecular weight is 196 g/mol. The van der Waals surface area contributed by atoms with Gasteiger partial charge in [0.25, 0.3) is 0 Å². The van der Waals surface area contributed by atoms with Gasteiger partial charge in [-0.3, -0.25) is 4.79 Å². The molecule has 2 N–H and O–H groups in total. The number of aliphatic hydroxyl groups is 1. The molecule has 1 amide bonds. The molecule has 0 aromatic carbocycles. The quantitative estimate of drug-likeness (QED) is 0.651. The first kappa shape index (κ1) is 10.6. The Morgan fingerprint density at radius 2 is 2.36 bits per heavy atom. The Labute approximate surface area is 83.9 Å². The van der Waals surface area contributed by atoms with Gasteiger partial charge in [0.1, 0.15) is 0 Å². The molecule has 1 aliphatic rings. The number of amides is 1. The van der Waals surface area contributed by atoms with Crippen molar-refractivity contribution in [3.05, 3.63) is 23.7 Å². The third-order valence-electron chi connectivity index (χ3n) is 2.21. The summed E-state index contributed by atoms with van der Waals surface area (Å²) in [5, 5.41) is 11.8. The monoisotopic (exact) mass is 196 g/mol. The lowest BCUT2D eigenvalue weighted by Gasteiger charge is -2.25. The number of hydrogen-bond donors (Lipinski definition) is 2. The number of carbonyl (C=O) groups excluding carboxylic acids is 1. The molecule has 0 bridgehead atoms. The van der Waals surface area contributed by atoms with E-state index >= 15 is 0 Å². The van der Waals surface area contributed by atoms with E-state index in [2.05, 4.69) is 5.32 Å². The maximum atomic E-state index is 11.0. The molecule has 1 heterocycles. The Kier molecular flexibility index (Phi) is 3.56. The number of carbonyl (C=O) groups is 1. The molecular formula is C10H16N2O2. The molecule has 0 spiro atoms. The minimum atomic E-state index is 0.106. The van der Waals surface area contributed by atoms with Crippen LogP contribution in [0.25, 0.3) is 0 Å². The zero-order chi connectivity index (χ0) is 10.6. The highest BCUT2D eigenvalue weighted by Crippen LogP contribution is 2.09. The zero-order valence-electron chi connectivity index (χ0n) is 8.58. The second-order valence-corrected chi connectivity index (χ2v) is 3.38. The summed E-state index contributed by atoms with van der Waals surface area (Å²) in [6.45, 7) is 4.76. The summed E-state index contributed by atoms with van der Waals surface area (Å²) >= 11 is 0. The maximum absolute atomic E-state index is 11.0. The number of hydrogen-bond acceptors (Lipinski definition) is 3. The zero-order valence-corrected chi connectivity index (χ0v) is 8.58. The van der Waals surface area contributed by atoms with Crippen LogP contribution in [-0.2, 0) is 4.79 Å². The van der Waals surface area contributed by atoms with Crippen LogP contribution in [0.15, 0.2) is 23.7 Å². The van der Waals surface area contributed by atoms with Crippen molar-refractivity contribution >= 4 is 5.91 Å². The standard InChI is InChI=1S/C10H16N2O2/c1-8(7-13)11-10-3-5-12(6-4-10)9(2)14/h3,7,11,13H,4-6H2,1-2H3/b8-7+. The van der Waals surface area contributed by atoms with Crippen LogP contribution in [-0.4, -0.2) is 29.0 Å². The van der Waals surface area contributed by atoms with E-state index in [-0.39, 0.29) is 5.91 Å². The Morgan fingerprint density at radius 3 is 2.79 bits per heavy atom. The average Bonchev–Trinajstić information content (AvgIpc) is 2.18. The van der Waals surface area contributed by atoms with Crippen molar-refractivity contribution < 1.29 is 9.90 Å². The lowest BCUT2D eigenvalue weighted by molar-refractivity contribution is -0.128. The van der Waals surface area contributed by atoms with Crippen LogP contribution in [0.1, 0.15) is 20.3 Å². The van der Waals surface area contributed by atoms with Crippen molar-refractivity contribution in [1.29, 1.82) is 0 Å². The molecule has 78 valence electrons. The summed E-state index contributed by atoms with van der Waals surface area (Å²) in [4.78, 5) is 12.8. The number of aliphatic hydroxyl groups excluding tert-OH is 1. The van der Waals surface area contributed by atoms with Gasteiger partial charge in [0.15, 0.2) is 0 Å². The van der Waals surface area contributed by atoms with Crippen LogP contribution in [0, 0.1) is 0 Å². The van der Waals surface area contributed by atoms with Crippen LogP contribution in [0.2, 0.25) is 0 Å². The molecule has 0 atom stereocenters. The predicted octanol–water partition coefficient (Wildman–Crippen LogP) is 1.13. The normalized spacial score (nSPS) is 17.7. The Bertz CT molecular complexity index is 282. The molecule has 0 aliphatic carbocycles. The minimum Gasteiger partial charge on any atom is -0.514 e. The summed E-state index contributed by atoms with van der Waals surface area (Å²) in [6, 6.07) is 0. The van der Waals surface area contributed by atoms with Crippen molar-refractivity contribution in [1.82, 2.24) is 10.2 Å². The fourth-order valence-electron chi connectivity index (χ4n) is 1.35. The van der Waals surface area contributed by atoms with Crippen molar-refractivity contribution in [2.24, 2.45) is 0 Å². The van der Waals surface area contributed by atoms with E-state index in [0.717, 1.165) is 24.9 Å². The van der Waals surface area contributed by atoms with E-state index in [1.165, 1.54) is 0 Å². The van der Waals surface area contributed by atoms with Gasteiger partial charge < -0.3 is 15.3 Å². The van der Waals surface area contributed by atoms with Gasteiger partial charge in [-0.15, -0.1) is 0 Å². The molecule has 0 aromatic heterocycles. The molecular weight excluding hydrogens is 180 g/mol. The third kappa shape index (κ3) is 2.80. The molecule has 4 heteroatoms. The SMILES string of the molecule is CC(=O)N1CC=C(N/C(C)=C/O)CC1. The maximum Gasteiger partial charge on any atom is 0.219 e. The highest BCUT2D eigenvalue weighted by atomic mass is 16.2. The minimum absolute atomic E-state index is 0.106. The van der Waals surface area contributed by atoms with Crippen molar-refractivity contribution in [3.63, 3.8) is 0 Å². The van der Waals surface area contributed by atoms with Crippen molar-refractivity contribution in [2.45, 2.75) is 20.3 Å². The smallest absolute Gasteiger partial charge is 0.219 e. The van der Waals surface area contributed by atoms with Crippen molar-refractivity contribution in [2.75, 3.05) is 13.1 Å². The summed E-state index contributed by atoms with van der Waals surface area (Å²) < 4.78 is 0. The molecule has 0 fully saturated rings. The van der Waals surface area contributed by atoms with E-state index in [0.29, 0.717) is 12.2 Å². The van der Waals surface area contributed by atoms with Gasteiger partial charge in [0, 0.05) is 37.8 Å². The summed E-state index contributed by atoms with van der Waals surface area (Å²) in [6.07, 6.45) is 3.82. The fraction of sp³-hybridized carbons (Fsp3) is 0.500. The van der Waals surface area contributed by atoms with Crippen LogP contribution in [0.3, 0.4) is 0 Å². The molecule has 0 radical (unpaired) electrons. The lowest BCUT2D eigenvalue weighted by atomic mass is 10.2. The first-order valence-electron chi connectivity index (χ1n) is 4.66. The molecule has 0 saturated carbocycles. The molecule has 1 aliphatic heterocycles. The Balaban J connectivity index is 2.49. The molecule has 0 aromatic rings. The van der Waals surface area contributed by atoms with E-state index in [9.17, 15) is 4.79 Å². The van der Waals surface area contributed by atoms with Gasteiger partial charge in [0.05, 0.1) is 6.26 Å². The van der Waals surface area contributed by atoms with Gasteiger partial charge in [-0.1, -0.05) is 0 Å². The summed E-state index contributed by atoms with van der Waals surface area (Å²) in [5.41, 5.74) is 1.78. The number of nitrogens with one attached hydrogen (secondary N) is 1. The molecule has 0 unspecified atom stereocenters. The van der Waals surface area contributed by atoms with Gasteiger partial charge in [-0.25, -0.2) is 0 Å². The largest absolute Gasteiger partial charge is 0.514 e. The van der Waals surface area contributed by atoms with Crippen LogP contribution in [0.5, 0.6) is 0 Å². The fourth-order valence-corrected chi connectivity index (χ4v) is 1.35. The van der Waals surface area contributed by atoms with E-state index in [4.69, 9.17) is 5.11 Å².